The van der Waals surface area contributed by atoms with E-state index in [2.05, 4.69) is 0 Å². The number of nitrogens with one attached hydrogen (secondary N) is 1. The standard InChI is InChI=1S/C13H16N2O4/c1-8-7-19-12-5-10(13(17)14-18)3-4-11(12)6-15(8)9(2)16/h3-5,8,18H,6-7H2,1-2H3,(H,14,17)/t8-/m0/s1. The van der Waals surface area contributed by atoms with Crippen molar-refractivity contribution in [3.8, 4) is 5.75 Å². The van der Waals surface area contributed by atoms with Gasteiger partial charge in [0, 0.05) is 24.6 Å². The zero-order valence-electron chi connectivity index (χ0n) is 10.8. The van der Waals surface area contributed by atoms with Crippen molar-refractivity contribution in [2.75, 3.05) is 6.61 Å². The van der Waals surface area contributed by atoms with Gasteiger partial charge in [0.05, 0.1) is 6.04 Å². The number of hydrogen-bond donors (Lipinski definition) is 2. The Hall–Kier alpha value is -2.08. The number of hydroxylamine groups is 1. The molecule has 6 nitrogen and oxygen atoms in total. The van der Waals surface area contributed by atoms with E-state index in [1.807, 2.05) is 6.92 Å². The van der Waals surface area contributed by atoms with Crippen LogP contribution in [0.2, 0.25) is 0 Å². The minimum atomic E-state index is -0.591. The molecule has 0 saturated heterocycles. The number of hydrogen-bond acceptors (Lipinski definition) is 4. The van der Waals surface area contributed by atoms with Gasteiger partial charge in [0.15, 0.2) is 0 Å². The lowest BCUT2D eigenvalue weighted by Crippen LogP contribution is -2.38. The van der Waals surface area contributed by atoms with E-state index in [-0.39, 0.29) is 11.9 Å². The second-order valence-corrected chi connectivity index (χ2v) is 4.57. The van der Waals surface area contributed by atoms with Gasteiger partial charge in [-0.2, -0.15) is 0 Å². The first kappa shape index (κ1) is 13.4. The first-order valence-corrected chi connectivity index (χ1v) is 6.00. The maximum Gasteiger partial charge on any atom is 0.274 e. The lowest BCUT2D eigenvalue weighted by molar-refractivity contribution is -0.131. The quantitative estimate of drug-likeness (QED) is 0.584. The van der Waals surface area contributed by atoms with Gasteiger partial charge in [-0.1, -0.05) is 6.07 Å². The fraction of sp³-hybridized carbons (Fsp3) is 0.385. The van der Waals surface area contributed by atoms with Crippen LogP contribution in [0.15, 0.2) is 18.2 Å². The molecule has 1 aliphatic heterocycles. The molecule has 1 atom stereocenters. The Kier molecular flexibility index (Phi) is 3.71. The van der Waals surface area contributed by atoms with Crippen LogP contribution < -0.4 is 10.2 Å². The molecule has 0 unspecified atom stereocenters. The summed E-state index contributed by atoms with van der Waals surface area (Å²) in [6.45, 7) is 4.26. The van der Waals surface area contributed by atoms with Crippen LogP contribution in [0, 0.1) is 0 Å². The van der Waals surface area contributed by atoms with Gasteiger partial charge in [-0.15, -0.1) is 0 Å². The van der Waals surface area contributed by atoms with Crippen molar-refractivity contribution in [2.45, 2.75) is 26.4 Å². The zero-order chi connectivity index (χ0) is 14.0. The lowest BCUT2D eigenvalue weighted by Gasteiger charge is -2.24. The van der Waals surface area contributed by atoms with E-state index < -0.39 is 5.91 Å². The maximum absolute atomic E-state index is 11.6. The van der Waals surface area contributed by atoms with E-state index >= 15 is 0 Å². The van der Waals surface area contributed by atoms with Gasteiger partial charge in [-0.3, -0.25) is 14.8 Å². The summed E-state index contributed by atoms with van der Waals surface area (Å²) in [4.78, 5) is 24.6. The van der Waals surface area contributed by atoms with E-state index in [1.54, 1.807) is 28.6 Å². The van der Waals surface area contributed by atoms with Crippen LogP contribution >= 0.6 is 0 Å². The minimum Gasteiger partial charge on any atom is -0.491 e. The second-order valence-electron chi connectivity index (χ2n) is 4.57. The third-order valence-electron chi connectivity index (χ3n) is 3.19. The molecular formula is C13H16N2O4. The van der Waals surface area contributed by atoms with Gasteiger partial charge < -0.3 is 9.64 Å². The summed E-state index contributed by atoms with van der Waals surface area (Å²) in [6.07, 6.45) is 0. The topological polar surface area (TPSA) is 78.9 Å². The molecule has 1 aromatic carbocycles. The number of ether oxygens (including phenoxy) is 1. The Balaban J connectivity index is 2.33. The van der Waals surface area contributed by atoms with Crippen LogP contribution in [0.5, 0.6) is 5.75 Å². The van der Waals surface area contributed by atoms with Crippen molar-refractivity contribution in [1.82, 2.24) is 10.4 Å². The van der Waals surface area contributed by atoms with Crippen LogP contribution in [-0.4, -0.2) is 34.6 Å². The van der Waals surface area contributed by atoms with Crippen LogP contribution in [0.3, 0.4) is 0 Å². The fourth-order valence-corrected chi connectivity index (χ4v) is 2.09. The molecule has 19 heavy (non-hydrogen) atoms. The SMILES string of the molecule is CC(=O)N1Cc2ccc(C(=O)NO)cc2OC[C@@H]1C. The third-order valence-corrected chi connectivity index (χ3v) is 3.19. The molecule has 1 aliphatic rings. The largest absolute Gasteiger partial charge is 0.491 e. The predicted molar refractivity (Wildman–Crippen MR) is 66.9 cm³/mol. The van der Waals surface area contributed by atoms with E-state index in [4.69, 9.17) is 9.94 Å². The number of fused-ring (bicyclic) bond motifs is 1. The summed E-state index contributed by atoms with van der Waals surface area (Å²) < 4.78 is 5.62. The number of carbonyl (C=O) groups excluding carboxylic acids is 2. The molecule has 2 amide bonds. The van der Waals surface area contributed by atoms with E-state index in [0.29, 0.717) is 24.5 Å². The van der Waals surface area contributed by atoms with Crippen molar-refractivity contribution in [3.05, 3.63) is 29.3 Å². The summed E-state index contributed by atoms with van der Waals surface area (Å²) in [6, 6.07) is 4.85. The van der Waals surface area contributed by atoms with Crippen molar-refractivity contribution < 1.29 is 19.5 Å². The zero-order valence-corrected chi connectivity index (χ0v) is 10.8. The summed E-state index contributed by atoms with van der Waals surface area (Å²) >= 11 is 0. The number of rotatable bonds is 1. The van der Waals surface area contributed by atoms with Crippen molar-refractivity contribution in [1.29, 1.82) is 0 Å². The van der Waals surface area contributed by atoms with Gasteiger partial charge in [-0.25, -0.2) is 5.48 Å². The lowest BCUT2D eigenvalue weighted by atomic mass is 10.1. The van der Waals surface area contributed by atoms with Gasteiger partial charge in [0.25, 0.3) is 5.91 Å². The Bertz CT molecular complexity index is 515. The van der Waals surface area contributed by atoms with Crippen LogP contribution in [0.4, 0.5) is 0 Å². The molecule has 0 fully saturated rings. The summed E-state index contributed by atoms with van der Waals surface area (Å²) in [5, 5.41) is 8.61. The Morgan fingerprint density at radius 3 is 2.84 bits per heavy atom. The Labute approximate surface area is 110 Å². The molecule has 1 heterocycles. The van der Waals surface area contributed by atoms with Gasteiger partial charge in [0.1, 0.15) is 12.4 Å². The molecule has 2 rings (SSSR count). The smallest absolute Gasteiger partial charge is 0.274 e. The van der Waals surface area contributed by atoms with E-state index in [1.165, 1.54) is 6.92 Å². The Morgan fingerprint density at radius 1 is 1.47 bits per heavy atom. The summed E-state index contributed by atoms with van der Waals surface area (Å²) in [5.74, 6) is -0.0371. The molecule has 6 heteroatoms. The molecular weight excluding hydrogens is 248 g/mol. The first-order valence-electron chi connectivity index (χ1n) is 6.00. The average Bonchev–Trinajstić information content (AvgIpc) is 2.57. The molecule has 1 aromatic rings. The second kappa shape index (κ2) is 5.27. The highest BCUT2D eigenvalue weighted by Gasteiger charge is 2.23. The fourth-order valence-electron chi connectivity index (χ4n) is 2.09. The highest BCUT2D eigenvalue weighted by atomic mass is 16.5. The van der Waals surface area contributed by atoms with Crippen molar-refractivity contribution in [3.63, 3.8) is 0 Å². The minimum absolute atomic E-state index is 0.0128. The Morgan fingerprint density at radius 2 is 2.21 bits per heavy atom. The van der Waals surface area contributed by atoms with Crippen molar-refractivity contribution in [2.24, 2.45) is 0 Å². The molecule has 102 valence electrons. The number of carbonyl (C=O) groups is 2. The van der Waals surface area contributed by atoms with Crippen molar-refractivity contribution >= 4 is 11.8 Å². The van der Waals surface area contributed by atoms with Crippen LogP contribution in [0.25, 0.3) is 0 Å². The molecule has 2 N–H and O–H groups in total. The summed E-state index contributed by atoms with van der Waals surface area (Å²) in [5.41, 5.74) is 2.73. The highest BCUT2D eigenvalue weighted by Crippen LogP contribution is 2.26. The molecule has 0 spiro atoms. The molecule has 0 saturated carbocycles. The normalized spacial score (nSPS) is 18.1. The van der Waals surface area contributed by atoms with E-state index in [0.717, 1.165) is 5.56 Å². The monoisotopic (exact) mass is 264 g/mol. The molecule has 0 aliphatic carbocycles. The number of nitrogens with zero attached hydrogens (tertiary/aromatic N) is 1. The molecule has 0 bridgehead atoms. The highest BCUT2D eigenvalue weighted by molar-refractivity contribution is 5.93. The van der Waals surface area contributed by atoms with Gasteiger partial charge >= 0.3 is 0 Å². The molecule has 0 aromatic heterocycles. The van der Waals surface area contributed by atoms with Gasteiger partial charge in [-0.05, 0) is 19.1 Å². The average molecular weight is 264 g/mol. The number of amides is 2. The van der Waals surface area contributed by atoms with Crippen LogP contribution in [0.1, 0.15) is 29.8 Å². The third kappa shape index (κ3) is 2.68. The van der Waals surface area contributed by atoms with Crippen LogP contribution in [-0.2, 0) is 11.3 Å². The van der Waals surface area contributed by atoms with E-state index in [9.17, 15) is 9.59 Å². The summed E-state index contributed by atoms with van der Waals surface area (Å²) in [7, 11) is 0. The first-order chi connectivity index (χ1) is 9.02. The molecule has 0 radical (unpaired) electrons. The van der Waals surface area contributed by atoms with Gasteiger partial charge in [0.2, 0.25) is 5.91 Å². The predicted octanol–water partition coefficient (Wildman–Crippen LogP) is 0.935. The number of benzene rings is 1. The maximum atomic E-state index is 11.6.